The molecule has 2 rings (SSSR count). The number of carbonyl (C=O) groups excluding carboxylic acids is 1. The summed E-state index contributed by atoms with van der Waals surface area (Å²) in [6.45, 7) is 0.484. The Labute approximate surface area is 105 Å². The number of nitrogens with one attached hydrogen (secondary N) is 1. The number of benzene rings is 1. The molecule has 4 nitrogen and oxygen atoms in total. The number of carbonyl (C=O) groups is 1. The topological polar surface area (TPSA) is 69.6 Å². The highest BCUT2D eigenvalue weighted by Crippen LogP contribution is 2.24. The van der Waals surface area contributed by atoms with Crippen molar-refractivity contribution in [3.8, 4) is 0 Å². The molecule has 0 bridgehead atoms. The number of aliphatic hydroxyl groups excluding tert-OH is 2. The first-order valence-corrected chi connectivity index (χ1v) is 6.14. The maximum absolute atomic E-state index is 11.3. The van der Waals surface area contributed by atoms with Crippen LogP contribution in [0.5, 0.6) is 0 Å². The van der Waals surface area contributed by atoms with Gasteiger partial charge in [-0.05, 0) is 29.4 Å². The summed E-state index contributed by atoms with van der Waals surface area (Å²) in [6, 6.07) is 5.12. The smallest absolute Gasteiger partial charge is 0.251 e. The summed E-state index contributed by atoms with van der Waals surface area (Å²) in [4.78, 5) is 11.3. The molecule has 0 aliphatic carbocycles. The van der Waals surface area contributed by atoms with Gasteiger partial charge < -0.3 is 15.5 Å². The van der Waals surface area contributed by atoms with Crippen molar-refractivity contribution >= 4 is 18.5 Å². The van der Waals surface area contributed by atoms with E-state index in [0.717, 1.165) is 5.56 Å². The fraction of sp³-hybridized carbons (Fsp3) is 0.417. The predicted octanol–water partition coefficient (Wildman–Crippen LogP) is 0.644. The molecule has 2 atom stereocenters. The van der Waals surface area contributed by atoms with Gasteiger partial charge in [-0.2, -0.15) is 12.6 Å². The molecule has 92 valence electrons. The van der Waals surface area contributed by atoms with Gasteiger partial charge in [-0.15, -0.1) is 0 Å². The Bertz CT molecular complexity index is 436. The Hall–Kier alpha value is -1.04. The summed E-state index contributed by atoms with van der Waals surface area (Å²) in [5.74, 6) is 0.431. The lowest BCUT2D eigenvalue weighted by atomic mass is 9.98. The molecule has 5 heteroatoms. The molecular weight excluding hydrogens is 238 g/mol. The van der Waals surface area contributed by atoms with Crippen LogP contribution in [0.4, 0.5) is 0 Å². The Morgan fingerprint density at radius 3 is 2.88 bits per heavy atom. The molecule has 0 saturated carbocycles. The molecule has 0 radical (unpaired) electrons. The number of thiol groups is 1. The van der Waals surface area contributed by atoms with Gasteiger partial charge in [-0.3, -0.25) is 4.79 Å². The van der Waals surface area contributed by atoms with Crippen LogP contribution >= 0.6 is 12.6 Å². The minimum absolute atomic E-state index is 0.0862. The lowest BCUT2D eigenvalue weighted by Crippen LogP contribution is -2.18. The normalized spacial score (nSPS) is 17.5. The van der Waals surface area contributed by atoms with E-state index in [-0.39, 0.29) is 5.91 Å². The molecule has 2 unspecified atom stereocenters. The summed E-state index contributed by atoms with van der Waals surface area (Å²) in [6.07, 6.45) is -1.32. The zero-order valence-electron chi connectivity index (χ0n) is 9.26. The zero-order valence-corrected chi connectivity index (χ0v) is 10.2. The van der Waals surface area contributed by atoms with Crippen LogP contribution in [0, 0.1) is 0 Å². The molecule has 1 aliphatic heterocycles. The van der Waals surface area contributed by atoms with Crippen molar-refractivity contribution in [2.24, 2.45) is 0 Å². The molecule has 1 aliphatic rings. The first-order chi connectivity index (χ1) is 8.13. The van der Waals surface area contributed by atoms with E-state index in [1.807, 2.05) is 0 Å². The van der Waals surface area contributed by atoms with Gasteiger partial charge in [-0.1, -0.05) is 12.1 Å². The van der Waals surface area contributed by atoms with E-state index in [0.29, 0.717) is 29.8 Å². The van der Waals surface area contributed by atoms with Crippen molar-refractivity contribution in [2.45, 2.75) is 25.2 Å². The second-order valence-electron chi connectivity index (χ2n) is 4.12. The van der Waals surface area contributed by atoms with Gasteiger partial charge in [0.15, 0.2) is 0 Å². The van der Waals surface area contributed by atoms with Crippen molar-refractivity contribution in [1.29, 1.82) is 0 Å². The minimum atomic E-state index is -0.928. The predicted molar refractivity (Wildman–Crippen MR) is 67.0 cm³/mol. The van der Waals surface area contributed by atoms with Crippen LogP contribution in [0.1, 0.15) is 34.0 Å². The molecular formula is C12H15NO3S. The van der Waals surface area contributed by atoms with Gasteiger partial charge in [0.25, 0.3) is 5.91 Å². The number of amides is 1. The van der Waals surface area contributed by atoms with Gasteiger partial charge in [0.05, 0.1) is 6.10 Å². The summed E-state index contributed by atoms with van der Waals surface area (Å²) in [5.41, 5.74) is 2.14. The van der Waals surface area contributed by atoms with Gasteiger partial charge in [-0.25, -0.2) is 0 Å². The lowest BCUT2D eigenvalue weighted by Gasteiger charge is -2.17. The molecule has 0 spiro atoms. The van der Waals surface area contributed by atoms with E-state index in [2.05, 4.69) is 17.9 Å². The Morgan fingerprint density at radius 2 is 2.18 bits per heavy atom. The maximum atomic E-state index is 11.3. The Kier molecular flexibility index (Phi) is 3.71. The second-order valence-corrected chi connectivity index (χ2v) is 4.57. The van der Waals surface area contributed by atoms with Crippen molar-refractivity contribution in [3.63, 3.8) is 0 Å². The number of aliphatic hydroxyl groups is 2. The van der Waals surface area contributed by atoms with E-state index in [9.17, 15) is 15.0 Å². The van der Waals surface area contributed by atoms with Crippen molar-refractivity contribution < 1.29 is 15.0 Å². The largest absolute Gasteiger partial charge is 0.390 e. The van der Waals surface area contributed by atoms with Gasteiger partial charge in [0, 0.05) is 12.1 Å². The highest BCUT2D eigenvalue weighted by molar-refractivity contribution is 7.80. The number of hydrogen-bond donors (Lipinski definition) is 4. The highest BCUT2D eigenvalue weighted by Gasteiger charge is 2.22. The third kappa shape index (κ3) is 2.46. The Balaban J connectivity index is 2.20. The first kappa shape index (κ1) is 12.4. The van der Waals surface area contributed by atoms with Crippen LogP contribution in [-0.4, -0.2) is 28.0 Å². The van der Waals surface area contributed by atoms with Crippen LogP contribution in [-0.2, 0) is 6.54 Å². The minimum Gasteiger partial charge on any atom is -0.390 e. The van der Waals surface area contributed by atoms with E-state index >= 15 is 0 Å². The third-order valence-corrected chi connectivity index (χ3v) is 3.20. The standard InChI is InChI=1S/C12H15NO3S/c14-10(3-4-17)11(15)7-1-2-9-8(5-7)6-13-12(9)16/h1-2,5,10-11,14-15,17H,3-4,6H2,(H,13,16). The fourth-order valence-corrected chi connectivity index (χ4v) is 2.21. The summed E-state index contributed by atoms with van der Waals surface area (Å²) >= 11 is 4.02. The van der Waals surface area contributed by atoms with Crippen LogP contribution in [0.2, 0.25) is 0 Å². The lowest BCUT2D eigenvalue weighted by molar-refractivity contribution is 0.0172. The molecule has 0 fully saturated rings. The molecule has 1 aromatic rings. The van der Waals surface area contributed by atoms with E-state index < -0.39 is 12.2 Å². The zero-order chi connectivity index (χ0) is 12.4. The van der Waals surface area contributed by atoms with Crippen molar-refractivity contribution in [3.05, 3.63) is 34.9 Å². The maximum Gasteiger partial charge on any atom is 0.251 e. The average molecular weight is 253 g/mol. The summed E-state index contributed by atoms with van der Waals surface area (Å²) < 4.78 is 0. The number of rotatable bonds is 4. The van der Waals surface area contributed by atoms with Crippen LogP contribution in [0.25, 0.3) is 0 Å². The van der Waals surface area contributed by atoms with Crippen LogP contribution < -0.4 is 5.32 Å². The molecule has 1 aromatic carbocycles. The van der Waals surface area contributed by atoms with Crippen molar-refractivity contribution in [2.75, 3.05) is 5.75 Å². The molecule has 0 saturated heterocycles. The second kappa shape index (κ2) is 5.08. The summed E-state index contributed by atoms with van der Waals surface area (Å²) in [7, 11) is 0. The number of fused-ring (bicyclic) bond motifs is 1. The first-order valence-electron chi connectivity index (χ1n) is 5.51. The highest BCUT2D eigenvalue weighted by atomic mass is 32.1. The number of hydrogen-bond acceptors (Lipinski definition) is 4. The summed E-state index contributed by atoms with van der Waals surface area (Å²) in [5, 5.41) is 22.3. The molecule has 1 heterocycles. The monoisotopic (exact) mass is 253 g/mol. The van der Waals surface area contributed by atoms with Crippen LogP contribution in [0.3, 0.4) is 0 Å². The third-order valence-electron chi connectivity index (χ3n) is 2.94. The SMILES string of the molecule is O=C1NCc2cc(C(O)C(O)CCS)ccc21. The van der Waals surface area contributed by atoms with Gasteiger partial charge in [0.2, 0.25) is 0 Å². The molecule has 17 heavy (non-hydrogen) atoms. The Morgan fingerprint density at radius 1 is 1.41 bits per heavy atom. The molecule has 3 N–H and O–H groups in total. The van der Waals surface area contributed by atoms with Crippen LogP contribution in [0.15, 0.2) is 18.2 Å². The van der Waals surface area contributed by atoms with E-state index in [1.54, 1.807) is 18.2 Å². The quantitative estimate of drug-likeness (QED) is 0.595. The van der Waals surface area contributed by atoms with E-state index in [1.165, 1.54) is 0 Å². The van der Waals surface area contributed by atoms with Crippen molar-refractivity contribution in [1.82, 2.24) is 5.32 Å². The molecule has 0 aromatic heterocycles. The van der Waals surface area contributed by atoms with Gasteiger partial charge >= 0.3 is 0 Å². The fourth-order valence-electron chi connectivity index (χ4n) is 1.95. The molecule has 1 amide bonds. The van der Waals surface area contributed by atoms with E-state index in [4.69, 9.17) is 0 Å². The van der Waals surface area contributed by atoms with Gasteiger partial charge in [0.1, 0.15) is 6.10 Å². The average Bonchev–Trinajstić information content (AvgIpc) is 2.70.